The summed E-state index contributed by atoms with van der Waals surface area (Å²) in [7, 11) is 1.78. The average Bonchev–Trinajstić information content (AvgIpc) is 2.76. The molecule has 2 heterocycles. The minimum absolute atomic E-state index is 0.334. The van der Waals surface area contributed by atoms with E-state index in [1.165, 1.54) is 6.07 Å². The van der Waals surface area contributed by atoms with Gasteiger partial charge in [0.2, 0.25) is 11.4 Å². The Bertz CT molecular complexity index is 625. The minimum atomic E-state index is -0.800. The number of aromatic nitrogens is 1. The highest BCUT2D eigenvalue weighted by Crippen LogP contribution is 2.33. The molecule has 0 fully saturated rings. The number of rotatable bonds is 1. The van der Waals surface area contributed by atoms with Crippen molar-refractivity contribution in [1.82, 2.24) is 0 Å². The van der Waals surface area contributed by atoms with Crippen LogP contribution in [-0.2, 0) is 6.54 Å². The molecule has 3 rings (SSSR count). The monoisotopic (exact) mass is 285 g/mol. The van der Waals surface area contributed by atoms with Crippen molar-refractivity contribution in [2.45, 2.75) is 10.9 Å². The van der Waals surface area contributed by atoms with Gasteiger partial charge < -0.3 is 4.90 Å². The summed E-state index contributed by atoms with van der Waals surface area (Å²) in [5.41, 5.74) is 2.15. The summed E-state index contributed by atoms with van der Waals surface area (Å²) in [6, 6.07) is 2.82. The molecule has 1 aliphatic heterocycles. The molecule has 0 saturated heterocycles. The van der Waals surface area contributed by atoms with E-state index >= 15 is 0 Å². The van der Waals surface area contributed by atoms with E-state index in [4.69, 9.17) is 0 Å². The summed E-state index contributed by atoms with van der Waals surface area (Å²) in [4.78, 5) is 1.75. The van der Waals surface area contributed by atoms with E-state index in [-0.39, 0.29) is 0 Å². The molecule has 0 unspecified atom stereocenters. The van der Waals surface area contributed by atoms with Gasteiger partial charge in [0.05, 0.1) is 5.38 Å². The lowest BCUT2D eigenvalue weighted by Crippen LogP contribution is -2.44. The Morgan fingerprint density at radius 2 is 2.17 bits per heavy atom. The Labute approximate surface area is 112 Å². The van der Waals surface area contributed by atoms with Crippen molar-refractivity contribution in [3.63, 3.8) is 0 Å². The van der Waals surface area contributed by atoms with Crippen LogP contribution in [0.3, 0.4) is 0 Å². The van der Waals surface area contributed by atoms with Crippen LogP contribution >= 0.6 is 23.1 Å². The second-order valence-electron chi connectivity index (χ2n) is 4.12. The zero-order valence-electron chi connectivity index (χ0n) is 9.91. The molecule has 1 aromatic heterocycles. The van der Waals surface area contributed by atoms with E-state index in [1.807, 2.05) is 10.8 Å². The van der Waals surface area contributed by atoms with Crippen LogP contribution in [0.1, 0.15) is 5.69 Å². The molecule has 18 heavy (non-hydrogen) atoms. The molecule has 0 spiro atoms. The van der Waals surface area contributed by atoms with Gasteiger partial charge >= 0.3 is 4.34 Å². The second kappa shape index (κ2) is 4.20. The van der Waals surface area contributed by atoms with Crippen LogP contribution < -0.4 is 9.47 Å². The number of halogens is 2. The Morgan fingerprint density at radius 3 is 2.89 bits per heavy atom. The molecular weight excluding hydrogens is 274 g/mol. The third-order valence-corrected chi connectivity index (χ3v) is 5.10. The normalized spacial score (nSPS) is 13.4. The Kier molecular flexibility index (Phi) is 2.79. The smallest absolute Gasteiger partial charge is 0.303 e. The lowest BCUT2D eigenvalue weighted by atomic mass is 10.1. The van der Waals surface area contributed by atoms with E-state index in [0.29, 0.717) is 17.9 Å². The van der Waals surface area contributed by atoms with Gasteiger partial charge in [-0.15, -0.1) is 4.57 Å². The maximum atomic E-state index is 13.9. The van der Waals surface area contributed by atoms with E-state index in [1.54, 1.807) is 41.1 Å². The SMILES string of the molecule is CSc1scc2[n+]1-c1ccc(F)c(F)c1N(C)C2. The van der Waals surface area contributed by atoms with E-state index in [9.17, 15) is 8.78 Å². The molecule has 94 valence electrons. The number of thioether (sulfide) groups is 1. The molecular formula is C12H11F2N2S2+. The Hall–Kier alpha value is -1.14. The molecule has 1 aromatic carbocycles. The number of anilines is 1. The first-order chi connectivity index (χ1) is 8.63. The molecule has 0 aliphatic carbocycles. The number of nitrogens with zero attached hydrogens (tertiary/aromatic N) is 2. The third-order valence-electron chi connectivity index (χ3n) is 3.01. The van der Waals surface area contributed by atoms with Crippen molar-refractivity contribution in [1.29, 1.82) is 0 Å². The largest absolute Gasteiger partial charge is 0.356 e. The highest BCUT2D eigenvalue weighted by atomic mass is 32.2. The minimum Gasteiger partial charge on any atom is -0.356 e. The van der Waals surface area contributed by atoms with E-state index in [2.05, 4.69) is 5.38 Å². The predicted molar refractivity (Wildman–Crippen MR) is 69.7 cm³/mol. The van der Waals surface area contributed by atoms with E-state index in [0.717, 1.165) is 10.0 Å². The lowest BCUT2D eigenvalue weighted by molar-refractivity contribution is -0.637. The van der Waals surface area contributed by atoms with Crippen LogP contribution in [-0.4, -0.2) is 13.3 Å². The summed E-state index contributed by atoms with van der Waals surface area (Å²) in [5.74, 6) is -1.57. The molecule has 2 aromatic rings. The number of fused-ring (bicyclic) bond motifs is 3. The van der Waals surface area contributed by atoms with Gasteiger partial charge in [-0.25, -0.2) is 8.78 Å². The van der Waals surface area contributed by atoms with Crippen LogP contribution in [0, 0.1) is 11.6 Å². The zero-order chi connectivity index (χ0) is 12.9. The number of hydrogen-bond donors (Lipinski definition) is 0. The molecule has 0 bridgehead atoms. The van der Waals surface area contributed by atoms with Crippen molar-refractivity contribution < 1.29 is 13.3 Å². The van der Waals surface area contributed by atoms with Crippen molar-refractivity contribution in [2.75, 3.05) is 18.2 Å². The molecule has 0 atom stereocenters. The number of hydrogen-bond acceptors (Lipinski definition) is 3. The number of benzene rings is 1. The van der Waals surface area contributed by atoms with Crippen LogP contribution in [0.25, 0.3) is 5.69 Å². The molecule has 6 heteroatoms. The summed E-state index contributed by atoms with van der Waals surface area (Å²) < 4.78 is 30.4. The molecule has 0 amide bonds. The lowest BCUT2D eigenvalue weighted by Gasteiger charge is -2.23. The Balaban J connectivity index is 2.32. The van der Waals surface area contributed by atoms with Gasteiger partial charge in [-0.3, -0.25) is 0 Å². The summed E-state index contributed by atoms with van der Waals surface area (Å²) in [6.45, 7) is 0.588. The summed E-state index contributed by atoms with van der Waals surface area (Å²) in [5, 5.41) is 2.06. The van der Waals surface area contributed by atoms with Crippen molar-refractivity contribution in [3.8, 4) is 5.69 Å². The molecule has 2 nitrogen and oxygen atoms in total. The first kappa shape index (κ1) is 11.9. The highest BCUT2D eigenvalue weighted by molar-refractivity contribution is 8.00. The number of thiazole rings is 1. The predicted octanol–water partition coefficient (Wildman–Crippen LogP) is 2.97. The van der Waals surface area contributed by atoms with Gasteiger partial charge in [0, 0.05) is 13.1 Å². The van der Waals surface area contributed by atoms with Gasteiger partial charge in [0.15, 0.2) is 11.6 Å². The maximum Gasteiger partial charge on any atom is 0.303 e. The zero-order valence-corrected chi connectivity index (χ0v) is 11.5. The van der Waals surface area contributed by atoms with Gasteiger partial charge in [-0.05, 0) is 24.1 Å². The molecule has 0 saturated carbocycles. The highest BCUT2D eigenvalue weighted by Gasteiger charge is 2.35. The van der Waals surface area contributed by atoms with Gasteiger partial charge in [0.1, 0.15) is 12.2 Å². The molecule has 0 N–H and O–H groups in total. The fourth-order valence-corrected chi connectivity index (χ4v) is 3.90. The Morgan fingerprint density at radius 1 is 1.39 bits per heavy atom. The summed E-state index contributed by atoms with van der Waals surface area (Å²) in [6.07, 6.45) is 1.98. The average molecular weight is 285 g/mol. The third kappa shape index (κ3) is 1.55. The molecule has 0 radical (unpaired) electrons. The van der Waals surface area contributed by atoms with Gasteiger partial charge in [-0.1, -0.05) is 11.3 Å². The van der Waals surface area contributed by atoms with Crippen LogP contribution in [0.4, 0.5) is 14.5 Å². The van der Waals surface area contributed by atoms with Crippen molar-refractivity contribution >= 4 is 28.8 Å². The van der Waals surface area contributed by atoms with Gasteiger partial charge in [0.25, 0.3) is 0 Å². The van der Waals surface area contributed by atoms with E-state index < -0.39 is 11.6 Å². The van der Waals surface area contributed by atoms with Crippen molar-refractivity contribution in [3.05, 3.63) is 34.8 Å². The van der Waals surface area contributed by atoms with Crippen molar-refractivity contribution in [2.24, 2.45) is 0 Å². The topological polar surface area (TPSA) is 7.12 Å². The van der Waals surface area contributed by atoms with Crippen LogP contribution in [0.15, 0.2) is 21.9 Å². The first-order valence-electron chi connectivity index (χ1n) is 5.39. The first-order valence-corrected chi connectivity index (χ1v) is 7.50. The summed E-state index contributed by atoms with van der Waals surface area (Å²) >= 11 is 3.24. The fourth-order valence-electron chi connectivity index (χ4n) is 2.24. The second-order valence-corrected chi connectivity index (χ2v) is 6.03. The molecule has 1 aliphatic rings. The standard InChI is InChI=1S/C12H11F2N2S2/c1-15-5-7-6-18-12(17-2)16(7)9-4-3-8(13)10(14)11(9)15/h3-4,6H,5H2,1-2H3/q+1. The van der Waals surface area contributed by atoms with Gasteiger partial charge in [-0.2, -0.15) is 0 Å². The van der Waals surface area contributed by atoms with Crippen LogP contribution in [0.5, 0.6) is 0 Å². The maximum absolute atomic E-state index is 13.9. The van der Waals surface area contributed by atoms with Crippen LogP contribution in [0.2, 0.25) is 0 Å². The quantitative estimate of drug-likeness (QED) is 0.587. The fraction of sp³-hybridized carbons (Fsp3) is 0.250.